The van der Waals surface area contributed by atoms with Crippen molar-refractivity contribution in [3.8, 4) is 0 Å². The fraction of sp³-hybridized carbons (Fsp3) is 0.714. The van der Waals surface area contributed by atoms with E-state index >= 15 is 0 Å². The first kappa shape index (κ1) is 15.7. The highest BCUT2D eigenvalue weighted by Crippen LogP contribution is 2.20. The third-order valence-corrected chi connectivity index (χ3v) is 2.91. The molecule has 1 atom stereocenters. The minimum Gasteiger partial charge on any atom is -0.361 e. The van der Waals surface area contributed by atoms with Crippen LogP contribution in [0.15, 0.2) is 4.52 Å². The minimum absolute atomic E-state index is 0.0317. The molecule has 1 heterocycles. The van der Waals surface area contributed by atoms with E-state index in [0.717, 1.165) is 17.0 Å². The maximum absolute atomic E-state index is 11.9. The zero-order valence-electron chi connectivity index (χ0n) is 12.8. The number of nitrogens with zero attached hydrogens (tertiary/aromatic N) is 1. The molecule has 19 heavy (non-hydrogen) atoms. The van der Waals surface area contributed by atoms with E-state index in [2.05, 4.69) is 36.6 Å². The number of carbonyl (C=O) groups is 1. The molecule has 0 aliphatic rings. The van der Waals surface area contributed by atoms with E-state index in [-0.39, 0.29) is 17.5 Å². The first-order valence-corrected chi connectivity index (χ1v) is 6.68. The number of aromatic nitrogens is 1. The summed E-state index contributed by atoms with van der Waals surface area (Å²) in [4.78, 5) is 11.9. The molecular formula is C14H25N3O2. The van der Waals surface area contributed by atoms with Gasteiger partial charge in [0.25, 0.3) is 0 Å². The van der Waals surface area contributed by atoms with Gasteiger partial charge in [-0.15, -0.1) is 0 Å². The molecule has 0 aromatic carbocycles. The van der Waals surface area contributed by atoms with Crippen LogP contribution in [0.1, 0.15) is 57.2 Å². The minimum atomic E-state index is -0.0756. The van der Waals surface area contributed by atoms with Gasteiger partial charge in [-0.05, 0) is 41.5 Å². The lowest BCUT2D eigenvalue weighted by molar-refractivity contribution is -0.121. The van der Waals surface area contributed by atoms with E-state index in [1.807, 2.05) is 20.8 Å². The molecule has 0 saturated carbocycles. The van der Waals surface area contributed by atoms with Gasteiger partial charge in [-0.3, -0.25) is 4.79 Å². The van der Waals surface area contributed by atoms with Crippen molar-refractivity contribution < 1.29 is 9.32 Å². The van der Waals surface area contributed by atoms with Crippen molar-refractivity contribution in [3.05, 3.63) is 17.0 Å². The SMILES string of the molecule is Cc1noc(C)c1C(C)NC(=O)CCNC(C)(C)C. The van der Waals surface area contributed by atoms with Crippen LogP contribution in [0.5, 0.6) is 0 Å². The summed E-state index contributed by atoms with van der Waals surface area (Å²) in [6, 6.07) is -0.0756. The van der Waals surface area contributed by atoms with Crippen LogP contribution in [0.25, 0.3) is 0 Å². The highest BCUT2D eigenvalue weighted by Gasteiger charge is 2.18. The lowest BCUT2D eigenvalue weighted by Crippen LogP contribution is -2.38. The fourth-order valence-electron chi connectivity index (χ4n) is 2.05. The molecule has 0 radical (unpaired) electrons. The van der Waals surface area contributed by atoms with Gasteiger partial charge in [0, 0.05) is 24.1 Å². The summed E-state index contributed by atoms with van der Waals surface area (Å²) < 4.78 is 5.11. The topological polar surface area (TPSA) is 67.2 Å². The third kappa shape index (κ3) is 5.03. The molecule has 2 N–H and O–H groups in total. The molecule has 0 bridgehead atoms. The first-order chi connectivity index (χ1) is 8.70. The van der Waals surface area contributed by atoms with E-state index in [4.69, 9.17) is 4.52 Å². The Hall–Kier alpha value is -1.36. The zero-order chi connectivity index (χ0) is 14.6. The van der Waals surface area contributed by atoms with E-state index in [1.54, 1.807) is 0 Å². The summed E-state index contributed by atoms with van der Waals surface area (Å²) >= 11 is 0. The zero-order valence-corrected chi connectivity index (χ0v) is 12.8. The van der Waals surface area contributed by atoms with Gasteiger partial charge in [0.2, 0.25) is 5.91 Å². The van der Waals surface area contributed by atoms with Crippen molar-refractivity contribution in [1.82, 2.24) is 15.8 Å². The average Bonchev–Trinajstić information content (AvgIpc) is 2.56. The van der Waals surface area contributed by atoms with Crippen LogP contribution in [-0.4, -0.2) is 23.1 Å². The molecule has 0 fully saturated rings. The Bertz CT molecular complexity index is 413. The second kappa shape index (κ2) is 6.19. The summed E-state index contributed by atoms with van der Waals surface area (Å²) in [7, 11) is 0. The van der Waals surface area contributed by atoms with Crippen LogP contribution in [0.3, 0.4) is 0 Å². The first-order valence-electron chi connectivity index (χ1n) is 6.68. The molecule has 5 heteroatoms. The van der Waals surface area contributed by atoms with Crippen LogP contribution in [0.2, 0.25) is 0 Å². The Morgan fingerprint density at radius 1 is 1.37 bits per heavy atom. The smallest absolute Gasteiger partial charge is 0.221 e. The Balaban J connectivity index is 2.45. The van der Waals surface area contributed by atoms with E-state index in [1.165, 1.54) is 0 Å². The molecule has 5 nitrogen and oxygen atoms in total. The van der Waals surface area contributed by atoms with Crippen molar-refractivity contribution >= 4 is 5.91 Å². The standard InChI is InChI=1S/C14H25N3O2/c1-9(13-10(2)17-19-11(13)3)16-12(18)7-8-15-14(4,5)6/h9,15H,7-8H2,1-6H3,(H,16,18). The van der Waals surface area contributed by atoms with E-state index in [0.29, 0.717) is 13.0 Å². The Labute approximate surface area is 115 Å². The van der Waals surface area contributed by atoms with Crippen molar-refractivity contribution in [2.45, 2.75) is 59.5 Å². The van der Waals surface area contributed by atoms with Gasteiger partial charge in [0.05, 0.1) is 11.7 Å². The van der Waals surface area contributed by atoms with Gasteiger partial charge in [0.15, 0.2) is 0 Å². The normalized spacial score (nSPS) is 13.4. The van der Waals surface area contributed by atoms with Crippen molar-refractivity contribution in [3.63, 3.8) is 0 Å². The molecular weight excluding hydrogens is 242 g/mol. The molecule has 1 aromatic rings. The summed E-state index contributed by atoms with van der Waals surface area (Å²) in [5.41, 5.74) is 1.84. The van der Waals surface area contributed by atoms with Crippen molar-refractivity contribution in [2.24, 2.45) is 0 Å². The Morgan fingerprint density at radius 2 is 2.00 bits per heavy atom. The van der Waals surface area contributed by atoms with Gasteiger partial charge in [-0.1, -0.05) is 5.16 Å². The lowest BCUT2D eigenvalue weighted by atomic mass is 10.1. The van der Waals surface area contributed by atoms with Crippen LogP contribution < -0.4 is 10.6 Å². The van der Waals surface area contributed by atoms with Crippen LogP contribution in [0.4, 0.5) is 0 Å². The summed E-state index contributed by atoms with van der Waals surface area (Å²) in [5.74, 6) is 0.794. The predicted molar refractivity (Wildman–Crippen MR) is 74.9 cm³/mol. The molecule has 0 spiro atoms. The number of hydrogen-bond donors (Lipinski definition) is 2. The highest BCUT2D eigenvalue weighted by atomic mass is 16.5. The summed E-state index contributed by atoms with van der Waals surface area (Å²) in [6.07, 6.45) is 0.463. The second-order valence-corrected chi connectivity index (χ2v) is 5.95. The second-order valence-electron chi connectivity index (χ2n) is 5.95. The molecule has 1 unspecified atom stereocenters. The summed E-state index contributed by atoms with van der Waals surface area (Å²) in [5, 5.41) is 10.2. The number of aryl methyl sites for hydroxylation is 2. The average molecular weight is 267 g/mol. The largest absolute Gasteiger partial charge is 0.361 e. The highest BCUT2D eigenvalue weighted by molar-refractivity contribution is 5.76. The Morgan fingerprint density at radius 3 is 2.47 bits per heavy atom. The Kier molecular flexibility index (Phi) is 5.11. The molecule has 0 aliphatic heterocycles. The molecule has 1 aromatic heterocycles. The molecule has 108 valence electrons. The lowest BCUT2D eigenvalue weighted by Gasteiger charge is -2.20. The number of amides is 1. The quantitative estimate of drug-likeness (QED) is 0.858. The number of nitrogens with one attached hydrogen (secondary N) is 2. The van der Waals surface area contributed by atoms with Gasteiger partial charge in [-0.2, -0.15) is 0 Å². The van der Waals surface area contributed by atoms with Crippen LogP contribution in [0, 0.1) is 13.8 Å². The maximum Gasteiger partial charge on any atom is 0.221 e. The molecule has 1 amide bonds. The fourth-order valence-corrected chi connectivity index (χ4v) is 2.05. The van der Waals surface area contributed by atoms with Crippen LogP contribution in [-0.2, 0) is 4.79 Å². The number of carbonyl (C=O) groups excluding carboxylic acids is 1. The third-order valence-electron chi connectivity index (χ3n) is 2.91. The number of rotatable bonds is 5. The van der Waals surface area contributed by atoms with Gasteiger partial charge < -0.3 is 15.2 Å². The molecule has 1 rings (SSSR count). The van der Waals surface area contributed by atoms with Crippen molar-refractivity contribution in [1.29, 1.82) is 0 Å². The van der Waals surface area contributed by atoms with Gasteiger partial charge in [0.1, 0.15) is 5.76 Å². The summed E-state index contributed by atoms with van der Waals surface area (Å²) in [6.45, 7) is 12.6. The monoisotopic (exact) mass is 267 g/mol. The van der Waals surface area contributed by atoms with Crippen molar-refractivity contribution in [2.75, 3.05) is 6.54 Å². The van der Waals surface area contributed by atoms with Crippen LogP contribution >= 0.6 is 0 Å². The predicted octanol–water partition coefficient (Wildman–Crippen LogP) is 2.25. The van der Waals surface area contributed by atoms with Gasteiger partial charge >= 0.3 is 0 Å². The maximum atomic E-state index is 11.9. The number of hydrogen-bond acceptors (Lipinski definition) is 4. The molecule has 0 saturated heterocycles. The van der Waals surface area contributed by atoms with E-state index < -0.39 is 0 Å². The van der Waals surface area contributed by atoms with E-state index in [9.17, 15) is 4.79 Å². The molecule has 0 aliphatic carbocycles. The van der Waals surface area contributed by atoms with Gasteiger partial charge in [-0.25, -0.2) is 0 Å².